The van der Waals surface area contributed by atoms with Crippen molar-refractivity contribution >= 4 is 0 Å². The molecule has 0 spiro atoms. The Morgan fingerprint density at radius 3 is 2.63 bits per heavy atom. The summed E-state index contributed by atoms with van der Waals surface area (Å²) >= 11 is 0. The summed E-state index contributed by atoms with van der Waals surface area (Å²) in [6, 6.07) is 5.40. The number of hydrogen-bond acceptors (Lipinski definition) is 1. The zero-order valence-electron chi connectivity index (χ0n) is 11.1. The number of alkyl halides is 3. The minimum Gasteiger partial charge on any atom is -0.310 e. The van der Waals surface area contributed by atoms with Crippen molar-refractivity contribution in [3.8, 4) is 11.8 Å². The van der Waals surface area contributed by atoms with Crippen molar-refractivity contribution in [1.29, 1.82) is 0 Å². The first kappa shape index (κ1) is 15.6. The van der Waals surface area contributed by atoms with Gasteiger partial charge in [-0.1, -0.05) is 19.1 Å². The third kappa shape index (κ3) is 4.96. The Bertz CT molecular complexity index is 454. The Morgan fingerprint density at radius 1 is 1.32 bits per heavy atom. The summed E-state index contributed by atoms with van der Waals surface area (Å²) in [5.74, 6) is 5.73. The maximum absolute atomic E-state index is 12.7. The van der Waals surface area contributed by atoms with Gasteiger partial charge in [0, 0.05) is 12.5 Å². The number of nitrogens with one attached hydrogen (secondary N) is 1. The lowest BCUT2D eigenvalue weighted by Crippen LogP contribution is -2.21. The van der Waals surface area contributed by atoms with E-state index in [9.17, 15) is 13.2 Å². The van der Waals surface area contributed by atoms with Gasteiger partial charge in [0.15, 0.2) is 0 Å². The highest BCUT2D eigenvalue weighted by Gasteiger charge is 2.30. The molecule has 0 saturated heterocycles. The van der Waals surface area contributed by atoms with E-state index >= 15 is 0 Å². The van der Waals surface area contributed by atoms with Crippen molar-refractivity contribution in [2.75, 3.05) is 6.54 Å². The van der Waals surface area contributed by atoms with E-state index in [2.05, 4.69) is 17.2 Å². The molecule has 1 aromatic rings. The predicted octanol–water partition coefficient (Wildman–Crippen LogP) is 4.16. The normalized spacial score (nSPS) is 12.7. The Morgan fingerprint density at radius 2 is 2.05 bits per heavy atom. The Kier molecular flexibility index (Phi) is 5.91. The lowest BCUT2D eigenvalue weighted by atomic mass is 9.99. The summed E-state index contributed by atoms with van der Waals surface area (Å²) in [5, 5.41) is 3.20. The van der Waals surface area contributed by atoms with Gasteiger partial charge in [0.1, 0.15) is 0 Å². The molecule has 0 aromatic heterocycles. The third-order valence-electron chi connectivity index (χ3n) is 2.80. The molecular formula is C15H18F3N. The standard InChI is InChI=1S/C15H18F3N/c1-3-5-6-10-14(19-4-2)12-8-7-9-13(11-12)15(16,17)18/h7-9,11,14,19H,4,6,10H2,1-2H3. The smallest absolute Gasteiger partial charge is 0.310 e. The van der Waals surface area contributed by atoms with Gasteiger partial charge in [-0.3, -0.25) is 0 Å². The second-order valence-corrected chi connectivity index (χ2v) is 4.20. The minimum absolute atomic E-state index is 0.0897. The van der Waals surface area contributed by atoms with Gasteiger partial charge in [-0.15, -0.1) is 11.8 Å². The molecule has 1 atom stereocenters. The van der Waals surface area contributed by atoms with Gasteiger partial charge in [0.05, 0.1) is 5.56 Å². The Balaban J connectivity index is 2.91. The summed E-state index contributed by atoms with van der Waals surface area (Å²) in [6.45, 7) is 4.40. The van der Waals surface area contributed by atoms with Crippen LogP contribution in [0.5, 0.6) is 0 Å². The van der Waals surface area contributed by atoms with Crippen LogP contribution >= 0.6 is 0 Å². The van der Waals surface area contributed by atoms with E-state index in [0.29, 0.717) is 24.9 Å². The van der Waals surface area contributed by atoms with Crippen molar-refractivity contribution in [2.45, 2.75) is 38.9 Å². The van der Waals surface area contributed by atoms with Crippen LogP contribution in [0.2, 0.25) is 0 Å². The fourth-order valence-electron chi connectivity index (χ4n) is 1.91. The van der Waals surface area contributed by atoms with Gasteiger partial charge in [-0.2, -0.15) is 13.2 Å². The first-order chi connectivity index (χ1) is 8.99. The number of benzene rings is 1. The second-order valence-electron chi connectivity index (χ2n) is 4.20. The number of hydrogen-bond donors (Lipinski definition) is 1. The fraction of sp³-hybridized carbons (Fsp3) is 0.467. The molecule has 1 aromatic carbocycles. The van der Waals surface area contributed by atoms with Gasteiger partial charge >= 0.3 is 6.18 Å². The van der Waals surface area contributed by atoms with Crippen LogP contribution in [0, 0.1) is 11.8 Å². The topological polar surface area (TPSA) is 12.0 Å². The molecule has 0 amide bonds. The molecule has 19 heavy (non-hydrogen) atoms. The predicted molar refractivity (Wildman–Crippen MR) is 70.5 cm³/mol. The molecule has 0 fully saturated rings. The summed E-state index contributed by atoms with van der Waals surface area (Å²) in [5.41, 5.74) is 0.0593. The molecule has 104 valence electrons. The molecule has 0 aliphatic carbocycles. The van der Waals surface area contributed by atoms with Crippen molar-refractivity contribution < 1.29 is 13.2 Å². The molecule has 1 rings (SSSR count). The molecule has 1 nitrogen and oxygen atoms in total. The number of rotatable bonds is 5. The van der Waals surface area contributed by atoms with E-state index in [4.69, 9.17) is 0 Å². The first-order valence-corrected chi connectivity index (χ1v) is 6.29. The molecule has 0 heterocycles. The molecule has 0 bridgehead atoms. The van der Waals surface area contributed by atoms with E-state index in [-0.39, 0.29) is 6.04 Å². The van der Waals surface area contributed by atoms with E-state index in [1.54, 1.807) is 13.0 Å². The monoisotopic (exact) mass is 269 g/mol. The van der Waals surface area contributed by atoms with Crippen LogP contribution < -0.4 is 5.32 Å². The van der Waals surface area contributed by atoms with Crippen molar-refractivity contribution in [1.82, 2.24) is 5.32 Å². The molecular weight excluding hydrogens is 251 g/mol. The van der Waals surface area contributed by atoms with Crippen LogP contribution in [-0.4, -0.2) is 6.54 Å². The molecule has 1 N–H and O–H groups in total. The quantitative estimate of drug-likeness (QED) is 0.791. The highest BCUT2D eigenvalue weighted by molar-refractivity contribution is 5.28. The van der Waals surface area contributed by atoms with Gasteiger partial charge in [0.2, 0.25) is 0 Å². The van der Waals surface area contributed by atoms with E-state index < -0.39 is 11.7 Å². The average Bonchev–Trinajstić information content (AvgIpc) is 2.37. The summed E-state index contributed by atoms with van der Waals surface area (Å²) < 4.78 is 38.0. The average molecular weight is 269 g/mol. The molecule has 0 aliphatic heterocycles. The van der Waals surface area contributed by atoms with Gasteiger partial charge in [0.25, 0.3) is 0 Å². The Labute approximate surface area is 112 Å². The van der Waals surface area contributed by atoms with Crippen LogP contribution in [0.15, 0.2) is 24.3 Å². The summed E-state index contributed by atoms with van der Waals surface area (Å²) in [4.78, 5) is 0. The highest BCUT2D eigenvalue weighted by Crippen LogP contribution is 2.31. The summed E-state index contributed by atoms with van der Waals surface area (Å²) in [7, 11) is 0. The molecule has 0 aliphatic rings. The van der Waals surface area contributed by atoms with Crippen LogP contribution in [0.25, 0.3) is 0 Å². The van der Waals surface area contributed by atoms with Crippen molar-refractivity contribution in [3.63, 3.8) is 0 Å². The van der Waals surface area contributed by atoms with E-state index in [1.807, 2.05) is 6.92 Å². The molecule has 0 saturated carbocycles. The largest absolute Gasteiger partial charge is 0.416 e. The van der Waals surface area contributed by atoms with Crippen LogP contribution in [-0.2, 0) is 6.18 Å². The molecule has 0 radical (unpaired) electrons. The maximum Gasteiger partial charge on any atom is 0.416 e. The minimum atomic E-state index is -4.30. The van der Waals surface area contributed by atoms with E-state index in [1.165, 1.54) is 12.1 Å². The third-order valence-corrected chi connectivity index (χ3v) is 2.80. The van der Waals surface area contributed by atoms with Gasteiger partial charge < -0.3 is 5.32 Å². The van der Waals surface area contributed by atoms with Gasteiger partial charge in [-0.05, 0) is 37.6 Å². The molecule has 4 heteroatoms. The first-order valence-electron chi connectivity index (χ1n) is 6.29. The van der Waals surface area contributed by atoms with Crippen molar-refractivity contribution in [3.05, 3.63) is 35.4 Å². The van der Waals surface area contributed by atoms with Crippen LogP contribution in [0.1, 0.15) is 43.9 Å². The van der Waals surface area contributed by atoms with Crippen molar-refractivity contribution in [2.24, 2.45) is 0 Å². The van der Waals surface area contributed by atoms with E-state index in [0.717, 1.165) is 6.07 Å². The maximum atomic E-state index is 12.7. The van der Waals surface area contributed by atoms with Crippen LogP contribution in [0.3, 0.4) is 0 Å². The zero-order valence-corrected chi connectivity index (χ0v) is 11.1. The SMILES string of the molecule is CC#CCCC(NCC)c1cccc(C(F)(F)F)c1. The zero-order chi connectivity index (χ0) is 14.3. The lowest BCUT2D eigenvalue weighted by molar-refractivity contribution is -0.137. The lowest BCUT2D eigenvalue weighted by Gasteiger charge is -2.18. The molecule has 1 unspecified atom stereocenters. The van der Waals surface area contributed by atoms with Gasteiger partial charge in [-0.25, -0.2) is 0 Å². The number of halogens is 3. The fourth-order valence-corrected chi connectivity index (χ4v) is 1.91. The summed E-state index contributed by atoms with van der Waals surface area (Å²) in [6.07, 6.45) is -2.92. The second kappa shape index (κ2) is 7.20. The Hall–Kier alpha value is -1.47. The highest BCUT2D eigenvalue weighted by atomic mass is 19.4. The van der Waals surface area contributed by atoms with Crippen LogP contribution in [0.4, 0.5) is 13.2 Å².